The average Bonchev–Trinajstić information content (AvgIpc) is 3.07. The maximum absolute atomic E-state index is 14.3. The van der Waals surface area contributed by atoms with Crippen molar-refractivity contribution < 1.29 is 35.8 Å². The number of aryl methyl sites for hydroxylation is 2. The van der Waals surface area contributed by atoms with Gasteiger partial charge in [-0.2, -0.15) is 16.8 Å². The molecule has 0 atom stereocenters. The third-order valence-corrected chi connectivity index (χ3v) is 10.3. The van der Waals surface area contributed by atoms with E-state index in [-0.39, 0.29) is 44.1 Å². The Hall–Kier alpha value is -5.08. The Bertz CT molecular complexity index is 1900. The van der Waals surface area contributed by atoms with Gasteiger partial charge in [-0.05, 0) is 74.5 Å². The molecule has 0 saturated heterocycles. The predicted molar refractivity (Wildman–Crippen MR) is 173 cm³/mol. The topological polar surface area (TPSA) is 136 Å². The predicted octanol–water partition coefficient (Wildman–Crippen LogP) is 4.76. The maximum Gasteiger partial charge on any atom is 0.285 e. The van der Waals surface area contributed by atoms with Crippen LogP contribution in [-0.4, -0.2) is 65.8 Å². The quantitative estimate of drug-likeness (QED) is 0.237. The Balaban J connectivity index is 1.83. The van der Waals surface area contributed by atoms with Gasteiger partial charge in [0.15, 0.2) is 34.7 Å². The minimum Gasteiger partial charge on any atom is -0.493 e. The summed E-state index contributed by atoms with van der Waals surface area (Å²) >= 11 is 0. The summed E-state index contributed by atoms with van der Waals surface area (Å²) in [5.74, 6) is 0.655. The molecule has 0 amide bonds. The van der Waals surface area contributed by atoms with Gasteiger partial charge in [-0.25, -0.2) is 0 Å². The molecule has 1 heterocycles. The van der Waals surface area contributed by atoms with Crippen molar-refractivity contribution in [2.24, 2.45) is 10.2 Å². The van der Waals surface area contributed by atoms with E-state index in [0.717, 1.165) is 11.1 Å². The smallest absolute Gasteiger partial charge is 0.285 e. The van der Waals surface area contributed by atoms with Crippen molar-refractivity contribution in [3.05, 3.63) is 107 Å². The standard InChI is InChI=1S/C32H32N4O8S2/c1-21-7-13-25(14-8-21)45(37,38)35-31(23-11-17-27(41-3)29(19-23)43-5)34-36(46(39,40)26-15-9-22(2)10-16-26)32(33-35)24-12-18-28(42-4)30(20-24)44-6/h7-20H,1-6H3. The Labute approximate surface area is 268 Å². The molecule has 0 aromatic heterocycles. The summed E-state index contributed by atoms with van der Waals surface area (Å²) in [5.41, 5.74) is 2.06. The van der Waals surface area contributed by atoms with Gasteiger partial charge in [-0.15, -0.1) is 19.0 Å². The molecule has 12 nitrogen and oxygen atoms in total. The van der Waals surface area contributed by atoms with Crippen molar-refractivity contribution in [3.63, 3.8) is 0 Å². The second-order valence-electron chi connectivity index (χ2n) is 10.1. The SMILES string of the molecule is COc1ccc(C2=NN(S(=O)(=O)c3ccc(C)cc3)C(c3ccc(OC)c(OC)c3)=NN2S(=O)(=O)c2ccc(C)cc2)cc1OC. The number of hydrazone groups is 2. The Kier molecular flexibility index (Phi) is 8.94. The van der Waals surface area contributed by atoms with Crippen LogP contribution in [0.3, 0.4) is 0 Å². The van der Waals surface area contributed by atoms with E-state index in [4.69, 9.17) is 18.9 Å². The molecule has 0 unspecified atom stereocenters. The van der Waals surface area contributed by atoms with Gasteiger partial charge >= 0.3 is 0 Å². The summed E-state index contributed by atoms with van der Waals surface area (Å²) < 4.78 is 80.2. The summed E-state index contributed by atoms with van der Waals surface area (Å²) in [6, 6.07) is 21.5. The minimum atomic E-state index is -4.45. The molecule has 0 fully saturated rings. The molecule has 0 radical (unpaired) electrons. The number of nitrogens with zero attached hydrogens (tertiary/aromatic N) is 4. The third-order valence-electron chi connectivity index (χ3n) is 7.11. The number of methoxy groups -OCH3 is 4. The first-order valence-electron chi connectivity index (χ1n) is 13.8. The molecule has 0 aliphatic carbocycles. The van der Waals surface area contributed by atoms with Gasteiger partial charge in [0.1, 0.15) is 0 Å². The summed E-state index contributed by atoms with van der Waals surface area (Å²) in [5, 5.41) is 9.02. The fourth-order valence-electron chi connectivity index (χ4n) is 4.59. The van der Waals surface area contributed by atoms with Crippen molar-refractivity contribution in [2.75, 3.05) is 28.4 Å². The second-order valence-corrected chi connectivity index (χ2v) is 13.6. The van der Waals surface area contributed by atoms with Crippen LogP contribution in [0.15, 0.2) is 105 Å². The monoisotopic (exact) mass is 664 g/mol. The molecule has 1 aliphatic rings. The number of sulfonamides is 2. The van der Waals surface area contributed by atoms with Gasteiger partial charge in [0.05, 0.1) is 38.2 Å². The van der Waals surface area contributed by atoms with Crippen LogP contribution in [0.4, 0.5) is 0 Å². The molecular formula is C32H32N4O8S2. The van der Waals surface area contributed by atoms with Crippen molar-refractivity contribution in [2.45, 2.75) is 23.6 Å². The zero-order valence-corrected chi connectivity index (χ0v) is 27.6. The molecule has 4 aromatic rings. The van der Waals surface area contributed by atoms with Gasteiger partial charge < -0.3 is 18.9 Å². The van der Waals surface area contributed by atoms with Crippen LogP contribution in [0.5, 0.6) is 23.0 Å². The van der Waals surface area contributed by atoms with Crippen LogP contribution >= 0.6 is 0 Å². The van der Waals surface area contributed by atoms with Gasteiger partial charge in [-0.3, -0.25) is 0 Å². The van der Waals surface area contributed by atoms with E-state index in [1.54, 1.807) is 36.4 Å². The lowest BCUT2D eigenvalue weighted by molar-refractivity contribution is 0.354. The van der Waals surface area contributed by atoms with Gasteiger partial charge in [0, 0.05) is 11.1 Å². The van der Waals surface area contributed by atoms with Crippen LogP contribution in [0, 0.1) is 13.8 Å². The zero-order chi connectivity index (χ0) is 33.2. The molecule has 14 heteroatoms. The van der Waals surface area contributed by atoms with Crippen molar-refractivity contribution >= 4 is 31.7 Å². The van der Waals surface area contributed by atoms with Crippen LogP contribution in [0.2, 0.25) is 0 Å². The van der Waals surface area contributed by atoms with E-state index in [1.165, 1.54) is 77.0 Å². The number of hydrogen-bond donors (Lipinski definition) is 0. The first kappa shape index (κ1) is 32.3. The van der Waals surface area contributed by atoms with Gasteiger partial charge in [-0.1, -0.05) is 35.4 Å². The van der Waals surface area contributed by atoms with Crippen molar-refractivity contribution in [1.29, 1.82) is 0 Å². The van der Waals surface area contributed by atoms with Crippen molar-refractivity contribution in [3.8, 4) is 23.0 Å². The lowest BCUT2D eigenvalue weighted by atomic mass is 10.1. The van der Waals surface area contributed by atoms with E-state index in [9.17, 15) is 16.8 Å². The summed E-state index contributed by atoms with van der Waals surface area (Å²) in [6.45, 7) is 3.66. The minimum absolute atomic E-state index is 0.0865. The van der Waals surface area contributed by atoms with Crippen LogP contribution in [0.1, 0.15) is 22.3 Å². The molecule has 0 spiro atoms. The number of benzene rings is 4. The second kappa shape index (κ2) is 12.7. The summed E-state index contributed by atoms with van der Waals surface area (Å²) in [6.07, 6.45) is 0. The number of ether oxygens (including phenoxy) is 4. The highest BCUT2D eigenvalue weighted by molar-refractivity contribution is 7.90. The molecule has 240 valence electrons. The highest BCUT2D eigenvalue weighted by Crippen LogP contribution is 2.34. The third kappa shape index (κ3) is 5.96. The number of rotatable bonds is 10. The van der Waals surface area contributed by atoms with Crippen LogP contribution < -0.4 is 18.9 Å². The van der Waals surface area contributed by atoms with Gasteiger partial charge in [0.2, 0.25) is 0 Å². The highest BCUT2D eigenvalue weighted by atomic mass is 32.2. The summed E-state index contributed by atoms with van der Waals surface area (Å²) in [4.78, 5) is -0.173. The molecule has 46 heavy (non-hydrogen) atoms. The van der Waals surface area contributed by atoms with Crippen LogP contribution in [-0.2, 0) is 20.0 Å². The fraction of sp³-hybridized carbons (Fsp3) is 0.188. The first-order chi connectivity index (χ1) is 21.9. The van der Waals surface area contributed by atoms with Gasteiger partial charge in [0.25, 0.3) is 20.0 Å². The highest BCUT2D eigenvalue weighted by Gasteiger charge is 2.40. The number of amidine groups is 2. The van der Waals surface area contributed by atoms with Crippen LogP contribution in [0.25, 0.3) is 0 Å². The molecule has 0 bridgehead atoms. The van der Waals surface area contributed by atoms with E-state index in [0.29, 0.717) is 20.3 Å². The normalized spacial score (nSPS) is 13.5. The largest absolute Gasteiger partial charge is 0.493 e. The first-order valence-corrected chi connectivity index (χ1v) is 16.7. The fourth-order valence-corrected chi connectivity index (χ4v) is 7.05. The lowest BCUT2D eigenvalue weighted by Crippen LogP contribution is -2.45. The van der Waals surface area contributed by atoms with E-state index >= 15 is 0 Å². The Morgan fingerprint density at radius 3 is 1.11 bits per heavy atom. The Morgan fingerprint density at radius 1 is 0.478 bits per heavy atom. The molecule has 0 N–H and O–H groups in total. The summed E-state index contributed by atoms with van der Waals surface area (Å²) in [7, 11) is -3.15. The van der Waals surface area contributed by atoms with E-state index in [2.05, 4.69) is 10.2 Å². The Morgan fingerprint density at radius 2 is 0.804 bits per heavy atom. The van der Waals surface area contributed by atoms with E-state index in [1.807, 2.05) is 13.8 Å². The zero-order valence-electron chi connectivity index (χ0n) is 26.0. The van der Waals surface area contributed by atoms with Crippen molar-refractivity contribution in [1.82, 2.24) is 8.83 Å². The molecule has 0 saturated carbocycles. The molecular weight excluding hydrogens is 633 g/mol. The maximum atomic E-state index is 14.3. The van der Waals surface area contributed by atoms with E-state index < -0.39 is 20.0 Å². The average molecular weight is 665 g/mol. The molecule has 1 aliphatic heterocycles. The molecule has 5 rings (SSSR count). The lowest BCUT2D eigenvalue weighted by Gasteiger charge is -2.31. The molecule has 4 aromatic carbocycles. The number of hydrogen-bond acceptors (Lipinski definition) is 10.